The van der Waals surface area contributed by atoms with Gasteiger partial charge in [-0.1, -0.05) is 17.4 Å². The number of hydrogen-bond acceptors (Lipinski definition) is 6. The fourth-order valence-electron chi connectivity index (χ4n) is 3.07. The molecule has 4 aromatic rings. The maximum Gasteiger partial charge on any atom is 0.230 e. The fraction of sp³-hybridized carbons (Fsp3) is 0.182. The lowest BCUT2D eigenvalue weighted by Gasteiger charge is -2.18. The highest BCUT2D eigenvalue weighted by atomic mass is 32.2. The summed E-state index contributed by atoms with van der Waals surface area (Å²) >= 11 is 1.36. The summed E-state index contributed by atoms with van der Waals surface area (Å²) in [6.45, 7) is 2.12. The molecule has 0 unspecified atom stereocenters. The molecule has 160 valence electrons. The Morgan fingerprint density at radius 1 is 1.16 bits per heavy atom. The van der Waals surface area contributed by atoms with E-state index in [-0.39, 0.29) is 17.9 Å². The Hall–Kier alpha value is -3.04. The minimum Gasteiger partial charge on any atom is -0.467 e. The molecular weight excluding hydrogens is 439 g/mol. The second-order valence-electron chi connectivity index (χ2n) is 7.05. The predicted molar refractivity (Wildman–Crippen MR) is 117 cm³/mol. The van der Waals surface area contributed by atoms with Crippen LogP contribution in [0.3, 0.4) is 0 Å². The van der Waals surface area contributed by atoms with Crippen LogP contribution in [0, 0.1) is 12.7 Å². The maximum atomic E-state index is 13.1. The van der Waals surface area contributed by atoms with E-state index < -0.39 is 27.3 Å². The summed E-state index contributed by atoms with van der Waals surface area (Å²) < 4.78 is 44.6. The van der Waals surface area contributed by atoms with Crippen LogP contribution in [0.1, 0.15) is 17.7 Å². The molecule has 6 nitrogen and oxygen atoms in total. The van der Waals surface area contributed by atoms with Gasteiger partial charge in [-0.25, -0.2) is 17.8 Å². The maximum absolute atomic E-state index is 13.1. The zero-order valence-electron chi connectivity index (χ0n) is 16.6. The van der Waals surface area contributed by atoms with E-state index in [1.54, 1.807) is 12.1 Å². The summed E-state index contributed by atoms with van der Waals surface area (Å²) in [4.78, 5) is 19.1. The van der Waals surface area contributed by atoms with Gasteiger partial charge < -0.3 is 4.42 Å². The van der Waals surface area contributed by atoms with Crippen molar-refractivity contribution in [3.63, 3.8) is 0 Å². The van der Waals surface area contributed by atoms with Crippen LogP contribution >= 0.6 is 11.3 Å². The number of carbonyl (C=O) groups excluding carboxylic acids is 1. The molecule has 2 aromatic heterocycles. The van der Waals surface area contributed by atoms with Gasteiger partial charge in [-0.3, -0.25) is 9.69 Å². The van der Waals surface area contributed by atoms with Crippen molar-refractivity contribution in [3.05, 3.63) is 78.0 Å². The average molecular weight is 459 g/mol. The molecule has 0 aliphatic heterocycles. The minimum absolute atomic E-state index is 0.0188. The van der Waals surface area contributed by atoms with E-state index in [1.165, 1.54) is 34.6 Å². The van der Waals surface area contributed by atoms with Crippen molar-refractivity contribution in [2.24, 2.45) is 0 Å². The molecular formula is C22H19FN2O4S2. The highest BCUT2D eigenvalue weighted by Crippen LogP contribution is 2.31. The highest BCUT2D eigenvalue weighted by molar-refractivity contribution is 7.91. The third kappa shape index (κ3) is 4.83. The van der Waals surface area contributed by atoms with Crippen LogP contribution in [0.5, 0.6) is 0 Å². The molecule has 0 aliphatic rings. The van der Waals surface area contributed by atoms with Gasteiger partial charge in [0.2, 0.25) is 5.91 Å². The molecule has 0 aliphatic carbocycles. The smallest absolute Gasteiger partial charge is 0.230 e. The second kappa shape index (κ2) is 8.60. The lowest BCUT2D eigenvalue weighted by atomic mass is 10.2. The first-order valence-corrected chi connectivity index (χ1v) is 12.0. The number of furan rings is 1. The number of carbonyl (C=O) groups is 1. The summed E-state index contributed by atoms with van der Waals surface area (Å²) in [6.07, 6.45) is 1.27. The zero-order chi connectivity index (χ0) is 22.0. The molecule has 2 aromatic carbocycles. The van der Waals surface area contributed by atoms with Crippen LogP contribution < -0.4 is 4.90 Å². The van der Waals surface area contributed by atoms with Gasteiger partial charge in [-0.15, -0.1) is 0 Å². The number of sulfone groups is 1. The standard InChI is InChI=1S/C22H19FN2O4S2/c1-15-4-9-19-20(13-15)30-22(24-19)25(14-17-3-2-11-29-17)21(26)10-12-31(27,28)18-7-5-16(23)6-8-18/h2-9,11,13H,10,12,14H2,1H3. The number of fused-ring (bicyclic) bond motifs is 1. The van der Waals surface area contributed by atoms with Gasteiger partial charge in [0.1, 0.15) is 11.6 Å². The quantitative estimate of drug-likeness (QED) is 0.374. The van der Waals surface area contributed by atoms with Crippen molar-refractivity contribution >= 4 is 42.4 Å². The van der Waals surface area contributed by atoms with Crippen LogP contribution in [-0.2, 0) is 21.2 Å². The Labute approximate surface area is 182 Å². The van der Waals surface area contributed by atoms with E-state index in [0.29, 0.717) is 10.9 Å². The number of nitrogens with zero attached hydrogens (tertiary/aromatic N) is 2. The van der Waals surface area contributed by atoms with E-state index in [0.717, 1.165) is 27.9 Å². The molecule has 0 fully saturated rings. The van der Waals surface area contributed by atoms with Gasteiger partial charge in [0.15, 0.2) is 15.0 Å². The van der Waals surface area contributed by atoms with Crippen molar-refractivity contribution in [3.8, 4) is 0 Å². The van der Waals surface area contributed by atoms with E-state index in [9.17, 15) is 17.6 Å². The molecule has 2 heterocycles. The lowest BCUT2D eigenvalue weighted by molar-refractivity contribution is -0.118. The fourth-order valence-corrected chi connectivity index (χ4v) is 5.38. The molecule has 0 saturated carbocycles. The van der Waals surface area contributed by atoms with E-state index in [2.05, 4.69) is 4.98 Å². The number of thiazole rings is 1. The molecule has 4 rings (SSSR count). The van der Waals surface area contributed by atoms with Crippen molar-refractivity contribution < 1.29 is 22.0 Å². The molecule has 0 atom stereocenters. The number of hydrogen-bond donors (Lipinski definition) is 0. The van der Waals surface area contributed by atoms with Gasteiger partial charge in [0.25, 0.3) is 0 Å². The van der Waals surface area contributed by atoms with E-state index >= 15 is 0 Å². The Balaban J connectivity index is 1.58. The molecule has 0 N–H and O–H groups in total. The van der Waals surface area contributed by atoms with Crippen molar-refractivity contribution in [2.45, 2.75) is 24.8 Å². The second-order valence-corrected chi connectivity index (χ2v) is 10.2. The first-order valence-electron chi connectivity index (χ1n) is 9.50. The average Bonchev–Trinajstić information content (AvgIpc) is 3.39. The summed E-state index contributed by atoms with van der Waals surface area (Å²) in [5, 5.41) is 0.473. The summed E-state index contributed by atoms with van der Waals surface area (Å²) in [5.41, 5.74) is 1.85. The summed E-state index contributed by atoms with van der Waals surface area (Å²) in [6, 6.07) is 13.9. The van der Waals surface area contributed by atoms with Gasteiger partial charge in [0.05, 0.1) is 33.7 Å². The van der Waals surface area contributed by atoms with Gasteiger partial charge >= 0.3 is 0 Å². The van der Waals surface area contributed by atoms with Crippen molar-refractivity contribution in [2.75, 3.05) is 10.7 Å². The lowest BCUT2D eigenvalue weighted by Crippen LogP contribution is -2.31. The number of aromatic nitrogens is 1. The Kier molecular flexibility index (Phi) is 5.88. The number of rotatable bonds is 7. The third-order valence-corrected chi connectivity index (χ3v) is 7.49. The van der Waals surface area contributed by atoms with Crippen LogP contribution in [-0.4, -0.2) is 25.1 Å². The molecule has 0 radical (unpaired) electrons. The van der Waals surface area contributed by atoms with Gasteiger partial charge in [-0.2, -0.15) is 0 Å². The van der Waals surface area contributed by atoms with Crippen LogP contribution in [0.4, 0.5) is 9.52 Å². The molecule has 1 amide bonds. The van der Waals surface area contributed by atoms with Crippen molar-refractivity contribution in [1.82, 2.24) is 4.98 Å². The van der Waals surface area contributed by atoms with Crippen LogP contribution in [0.25, 0.3) is 10.2 Å². The van der Waals surface area contributed by atoms with Gasteiger partial charge in [0, 0.05) is 6.42 Å². The zero-order valence-corrected chi connectivity index (χ0v) is 18.2. The van der Waals surface area contributed by atoms with Crippen LogP contribution in [0.2, 0.25) is 0 Å². The number of halogens is 1. The number of benzene rings is 2. The molecule has 0 saturated heterocycles. The Morgan fingerprint density at radius 3 is 2.65 bits per heavy atom. The first-order chi connectivity index (χ1) is 14.8. The number of amides is 1. The molecule has 9 heteroatoms. The SMILES string of the molecule is Cc1ccc2nc(N(Cc3ccco3)C(=O)CCS(=O)(=O)c3ccc(F)cc3)sc2c1. The topological polar surface area (TPSA) is 80.5 Å². The highest BCUT2D eigenvalue weighted by Gasteiger charge is 2.24. The predicted octanol–water partition coefficient (Wildman–Crippen LogP) is 4.73. The largest absolute Gasteiger partial charge is 0.467 e. The monoisotopic (exact) mass is 458 g/mol. The van der Waals surface area contributed by atoms with E-state index in [4.69, 9.17) is 4.42 Å². The van der Waals surface area contributed by atoms with Crippen LogP contribution in [0.15, 0.2) is 70.2 Å². The van der Waals surface area contributed by atoms with Gasteiger partial charge in [-0.05, 0) is 61.0 Å². The normalized spacial score (nSPS) is 11.7. The van der Waals surface area contributed by atoms with E-state index in [1.807, 2.05) is 25.1 Å². The summed E-state index contributed by atoms with van der Waals surface area (Å²) in [7, 11) is -3.73. The summed E-state index contributed by atoms with van der Waals surface area (Å²) in [5.74, 6) is -0.746. The third-order valence-electron chi connectivity index (χ3n) is 4.72. The Morgan fingerprint density at radius 2 is 1.94 bits per heavy atom. The molecule has 0 spiro atoms. The number of anilines is 1. The first kappa shape index (κ1) is 21.2. The number of aryl methyl sites for hydroxylation is 1. The van der Waals surface area contributed by atoms with Crippen molar-refractivity contribution in [1.29, 1.82) is 0 Å². The minimum atomic E-state index is -3.73. The molecule has 31 heavy (non-hydrogen) atoms. The Bertz CT molecular complexity index is 1310. The molecule has 0 bridgehead atoms.